The summed E-state index contributed by atoms with van der Waals surface area (Å²) in [5.41, 5.74) is -1.47. The summed E-state index contributed by atoms with van der Waals surface area (Å²) in [4.78, 5) is 45.0. The predicted octanol–water partition coefficient (Wildman–Crippen LogP) is 7.87. The molecule has 0 amide bonds. The van der Waals surface area contributed by atoms with Gasteiger partial charge in [-0.25, -0.2) is 0 Å². The van der Waals surface area contributed by atoms with Crippen LogP contribution in [0.15, 0.2) is 70.9 Å². The molecule has 3 rings (SSSR count). The van der Waals surface area contributed by atoms with E-state index < -0.39 is 68.4 Å². The van der Waals surface area contributed by atoms with Crippen molar-refractivity contribution in [2.24, 2.45) is 22.2 Å². The maximum atomic E-state index is 15.2. The molecule has 2 bridgehead atoms. The summed E-state index contributed by atoms with van der Waals surface area (Å²) in [6.07, 6.45) is 6.23. The molecule has 1 unspecified atom stereocenters. The number of rotatable bonds is 11. The number of hydrogen-bond acceptors (Lipinski definition) is 7. The molecule has 1 aromatic carbocycles. The summed E-state index contributed by atoms with van der Waals surface area (Å²) in [5.74, 6) is -3.94. The van der Waals surface area contributed by atoms with Gasteiger partial charge in [0.15, 0.2) is 28.8 Å². The highest BCUT2D eigenvalue weighted by molar-refractivity contribution is 6.41. The molecule has 0 spiro atoms. The van der Waals surface area contributed by atoms with E-state index in [1.165, 1.54) is 12.1 Å². The number of ketones is 3. The molecule has 0 aliphatic heterocycles. The average molecular weight is 619 g/mol. The molecule has 0 heterocycles. The van der Waals surface area contributed by atoms with Gasteiger partial charge in [-0.15, -0.1) is 0 Å². The van der Waals surface area contributed by atoms with E-state index in [0.717, 1.165) is 22.8 Å². The van der Waals surface area contributed by atoms with Crippen LogP contribution in [0.5, 0.6) is 11.5 Å². The molecule has 244 valence electrons. The van der Waals surface area contributed by atoms with Gasteiger partial charge in [-0.3, -0.25) is 14.4 Å². The lowest BCUT2D eigenvalue weighted by Gasteiger charge is -2.62. The van der Waals surface area contributed by atoms with Crippen LogP contribution in [0.25, 0.3) is 5.76 Å². The smallest absolute Gasteiger partial charge is 0.184 e. The summed E-state index contributed by atoms with van der Waals surface area (Å²) in [6.45, 7) is 19.1. The van der Waals surface area contributed by atoms with E-state index in [4.69, 9.17) is 0 Å². The summed E-state index contributed by atoms with van der Waals surface area (Å²) >= 11 is 0. The van der Waals surface area contributed by atoms with E-state index in [-0.39, 0.29) is 31.2 Å². The van der Waals surface area contributed by atoms with E-state index in [9.17, 15) is 25.2 Å². The number of carbonyl (C=O) groups is 3. The number of hydrogen-bond donors (Lipinski definition) is 4. The molecule has 2 aliphatic carbocycles. The molecular formula is C38H50O7. The van der Waals surface area contributed by atoms with Crippen LogP contribution in [0.1, 0.15) is 99.5 Å². The largest absolute Gasteiger partial charge is 0.506 e. The summed E-state index contributed by atoms with van der Waals surface area (Å²) in [7, 11) is 0. The van der Waals surface area contributed by atoms with Crippen LogP contribution in [0.2, 0.25) is 0 Å². The molecule has 7 nitrogen and oxygen atoms in total. The van der Waals surface area contributed by atoms with Crippen molar-refractivity contribution in [3.8, 4) is 11.5 Å². The summed E-state index contributed by atoms with van der Waals surface area (Å²) in [6, 6.07) is 3.58. The minimum atomic E-state index is -1.73. The van der Waals surface area contributed by atoms with Gasteiger partial charge in [-0.1, -0.05) is 54.0 Å². The number of phenols is 2. The molecule has 0 saturated heterocycles. The highest BCUT2D eigenvalue weighted by Crippen LogP contribution is 2.67. The second-order valence-corrected chi connectivity index (χ2v) is 14.1. The van der Waals surface area contributed by atoms with Gasteiger partial charge in [-0.2, -0.15) is 0 Å². The molecule has 5 atom stereocenters. The first kappa shape index (κ1) is 35.8. The highest BCUT2D eigenvalue weighted by Gasteiger charge is 2.74. The predicted molar refractivity (Wildman–Crippen MR) is 178 cm³/mol. The summed E-state index contributed by atoms with van der Waals surface area (Å²) < 4.78 is 0. The van der Waals surface area contributed by atoms with Crippen LogP contribution in [0, 0.1) is 22.2 Å². The van der Waals surface area contributed by atoms with Gasteiger partial charge in [0.25, 0.3) is 0 Å². The molecule has 45 heavy (non-hydrogen) atoms. The molecule has 4 N–H and O–H groups in total. The molecule has 0 radical (unpaired) electrons. The Kier molecular flexibility index (Phi) is 10.6. The van der Waals surface area contributed by atoms with Gasteiger partial charge in [0, 0.05) is 5.56 Å². The van der Waals surface area contributed by atoms with Crippen molar-refractivity contribution in [2.45, 2.75) is 100 Å². The average Bonchev–Trinajstić information content (AvgIpc) is 2.94. The van der Waals surface area contributed by atoms with Crippen molar-refractivity contribution in [3.63, 3.8) is 0 Å². The van der Waals surface area contributed by atoms with E-state index in [0.29, 0.717) is 18.4 Å². The van der Waals surface area contributed by atoms with E-state index in [1.54, 1.807) is 6.92 Å². The topological polar surface area (TPSA) is 132 Å². The molecule has 2 saturated carbocycles. The van der Waals surface area contributed by atoms with Gasteiger partial charge in [0.05, 0.1) is 11.5 Å². The fraction of sp³-hybridized carbons (Fsp3) is 0.500. The lowest BCUT2D eigenvalue weighted by Crippen LogP contribution is -2.70. The van der Waals surface area contributed by atoms with Crippen LogP contribution < -0.4 is 0 Å². The lowest BCUT2D eigenvalue weighted by molar-refractivity contribution is -0.180. The Balaban J connectivity index is 2.52. The first-order valence-electron chi connectivity index (χ1n) is 15.7. The number of aromatic hydroxyl groups is 2. The van der Waals surface area contributed by atoms with E-state index in [1.807, 2.05) is 60.6 Å². The number of fused-ring (bicyclic) bond motifs is 2. The Morgan fingerprint density at radius 1 is 0.911 bits per heavy atom. The number of Topliss-reactive ketones (excluding diaryl/α,β-unsaturated/α-hetero) is 3. The minimum absolute atomic E-state index is 0.0235. The van der Waals surface area contributed by atoms with E-state index >= 15 is 9.59 Å². The Morgan fingerprint density at radius 3 is 2.02 bits per heavy atom. The fourth-order valence-corrected chi connectivity index (χ4v) is 7.21. The normalized spacial score (nSPS) is 27.8. The number of aliphatic hydroxyl groups excluding tert-OH is 2. The van der Waals surface area contributed by atoms with Crippen molar-refractivity contribution in [2.75, 3.05) is 0 Å². The maximum Gasteiger partial charge on any atom is 0.184 e. The maximum absolute atomic E-state index is 15.2. The molecule has 0 aromatic heterocycles. The molecule has 7 heteroatoms. The highest BCUT2D eigenvalue weighted by atomic mass is 16.3. The Hall–Kier alpha value is -3.71. The van der Waals surface area contributed by atoms with Crippen LogP contribution >= 0.6 is 0 Å². The van der Waals surface area contributed by atoms with Crippen molar-refractivity contribution in [3.05, 3.63) is 76.4 Å². The van der Waals surface area contributed by atoms with Crippen LogP contribution in [0.4, 0.5) is 0 Å². The van der Waals surface area contributed by atoms with Gasteiger partial charge in [-0.05, 0) is 117 Å². The van der Waals surface area contributed by atoms with Crippen molar-refractivity contribution in [1.82, 2.24) is 0 Å². The molecule has 2 fully saturated rings. The zero-order valence-corrected chi connectivity index (χ0v) is 28.1. The van der Waals surface area contributed by atoms with Gasteiger partial charge < -0.3 is 20.4 Å². The zero-order chi connectivity index (χ0) is 34.1. The zero-order valence-electron chi connectivity index (χ0n) is 28.1. The standard InChI is InChI=1S/C38H50O7/c1-22(2)11-10-16-36(9)27(20-29(40)25(7)8)21-37(17-14-23(3)4)33(43)31(32(42)26-12-13-28(39)30(41)19-26)34(44)38(36,35(37)45)18-15-24(5)6/h11-15,19,27,29,39-42H,7,10,16-18,20-21H2,1-6,8-9H3/t27-,29?,36+,37+,38-/m1/s1. The van der Waals surface area contributed by atoms with Gasteiger partial charge in [0.1, 0.15) is 16.7 Å². The number of benzene rings is 1. The van der Waals surface area contributed by atoms with E-state index in [2.05, 4.69) is 12.7 Å². The Labute approximate surface area is 267 Å². The van der Waals surface area contributed by atoms with Crippen molar-refractivity contribution in [1.29, 1.82) is 0 Å². The first-order valence-corrected chi connectivity index (χ1v) is 15.7. The second kappa shape index (κ2) is 13.3. The Bertz CT molecular complexity index is 1510. The molecular weight excluding hydrogens is 568 g/mol. The third-order valence-electron chi connectivity index (χ3n) is 10.0. The monoisotopic (exact) mass is 618 g/mol. The summed E-state index contributed by atoms with van der Waals surface area (Å²) in [5, 5.41) is 42.9. The number of carbonyl (C=O) groups excluding carboxylic acids is 3. The lowest BCUT2D eigenvalue weighted by atomic mass is 9.37. The SMILES string of the molecule is C=C(C)C(O)C[C@@H]1C[C@@]2(CC=C(C)C)C(=O)C(=C(O)c3ccc(O)c(O)c3)C(=O)[C@](CC=C(C)C)(C2=O)[C@@]1(C)CCC=C(C)C. The number of phenolic OH excluding ortho intramolecular Hbond substituents is 2. The second-order valence-electron chi connectivity index (χ2n) is 14.1. The molecule has 2 aliphatic rings. The Morgan fingerprint density at radius 2 is 1.49 bits per heavy atom. The van der Waals surface area contributed by atoms with Crippen molar-refractivity contribution < 1.29 is 34.8 Å². The number of aliphatic hydroxyl groups is 2. The third kappa shape index (κ3) is 6.37. The minimum Gasteiger partial charge on any atom is -0.506 e. The van der Waals surface area contributed by atoms with Crippen LogP contribution in [-0.4, -0.2) is 43.9 Å². The first-order chi connectivity index (χ1) is 20.9. The van der Waals surface area contributed by atoms with Crippen molar-refractivity contribution >= 4 is 23.1 Å². The van der Waals surface area contributed by atoms with Crippen LogP contribution in [-0.2, 0) is 14.4 Å². The quantitative estimate of drug-likeness (QED) is 0.0495. The number of allylic oxidation sites excluding steroid dienone is 7. The molecule has 1 aromatic rings. The van der Waals surface area contributed by atoms with Gasteiger partial charge in [0.2, 0.25) is 0 Å². The third-order valence-corrected chi connectivity index (χ3v) is 10.0. The van der Waals surface area contributed by atoms with Gasteiger partial charge >= 0.3 is 0 Å². The fourth-order valence-electron chi connectivity index (χ4n) is 7.21. The van der Waals surface area contributed by atoms with Crippen LogP contribution in [0.3, 0.4) is 0 Å².